The van der Waals surface area contributed by atoms with Crippen molar-refractivity contribution < 1.29 is 4.79 Å². The third-order valence-corrected chi connectivity index (χ3v) is 3.70. The van der Waals surface area contributed by atoms with Gasteiger partial charge in [-0.3, -0.25) is 4.79 Å². The smallest absolute Gasteiger partial charge is 0.152 e. The predicted octanol–water partition coefficient (Wildman–Crippen LogP) is 3.57. The largest absolute Gasteiger partial charge is 0.295 e. The molecule has 0 atom stereocenters. The van der Waals surface area contributed by atoms with Crippen molar-refractivity contribution in [3.8, 4) is 0 Å². The van der Waals surface area contributed by atoms with Crippen LogP contribution < -0.4 is 0 Å². The highest BCUT2D eigenvalue weighted by atomic mass is 32.2. The molecule has 1 aliphatic heterocycles. The molecule has 1 rings (SSSR count). The second kappa shape index (κ2) is 4.35. The molecule has 0 aromatic rings. The molecule has 14 heavy (non-hydrogen) atoms. The minimum atomic E-state index is 0.122. The van der Waals surface area contributed by atoms with Crippen molar-refractivity contribution >= 4 is 17.5 Å². The number of carbonyl (C=O) groups excluding carboxylic acids is 1. The molecule has 0 aromatic carbocycles. The minimum absolute atomic E-state index is 0.122. The lowest BCUT2D eigenvalue weighted by Gasteiger charge is -2.32. The molecule has 0 radical (unpaired) electrons. The summed E-state index contributed by atoms with van der Waals surface area (Å²) in [6, 6.07) is 0. The Kier molecular flexibility index (Phi) is 3.59. The highest BCUT2D eigenvalue weighted by Gasteiger charge is 2.26. The van der Waals surface area contributed by atoms with Crippen LogP contribution in [0.5, 0.6) is 0 Å². The molecule has 0 fully saturated rings. The Labute approximate surface area is 90.7 Å². The monoisotopic (exact) mass is 210 g/mol. The molecule has 0 saturated heterocycles. The van der Waals surface area contributed by atoms with Crippen LogP contribution in [-0.4, -0.2) is 11.5 Å². The number of hydrogen-bond donors (Lipinski definition) is 0. The molecule has 1 heterocycles. The Morgan fingerprint density at radius 2 is 2.14 bits per heavy atom. The topological polar surface area (TPSA) is 17.1 Å². The van der Waals surface area contributed by atoms with Crippen molar-refractivity contribution in [2.24, 2.45) is 5.41 Å². The zero-order valence-corrected chi connectivity index (χ0v) is 10.2. The summed E-state index contributed by atoms with van der Waals surface area (Å²) < 4.78 is 0. The Morgan fingerprint density at radius 3 is 2.64 bits per heavy atom. The van der Waals surface area contributed by atoms with Crippen LogP contribution in [-0.2, 0) is 4.79 Å². The second-order valence-corrected chi connectivity index (χ2v) is 5.71. The first-order valence-electron chi connectivity index (χ1n) is 4.96. The zero-order valence-electron chi connectivity index (χ0n) is 9.39. The fourth-order valence-electron chi connectivity index (χ4n) is 1.69. The molecule has 0 aliphatic carbocycles. The molecule has 0 amide bonds. The summed E-state index contributed by atoms with van der Waals surface area (Å²) in [5.41, 5.74) is 1.55. The van der Waals surface area contributed by atoms with Crippen LogP contribution in [0, 0.1) is 5.41 Å². The maximum atomic E-state index is 10.9. The number of carbonyl (C=O) groups is 1. The Bertz CT molecular complexity index is 297. The summed E-state index contributed by atoms with van der Waals surface area (Å²) in [5, 5.41) is 0. The van der Waals surface area contributed by atoms with E-state index in [1.807, 2.05) is 17.8 Å². The predicted molar refractivity (Wildman–Crippen MR) is 63.4 cm³/mol. The molecule has 0 N–H and O–H groups in total. The van der Waals surface area contributed by atoms with E-state index in [4.69, 9.17) is 0 Å². The molecule has 78 valence electrons. The quantitative estimate of drug-likeness (QED) is 0.648. The summed E-state index contributed by atoms with van der Waals surface area (Å²) in [5.74, 6) is 1.31. The average molecular weight is 210 g/mol. The summed E-state index contributed by atoms with van der Waals surface area (Å²) in [6.45, 7) is 8.23. The van der Waals surface area contributed by atoms with E-state index in [0.29, 0.717) is 0 Å². The molecule has 0 aromatic heterocycles. The average Bonchev–Trinajstić information content (AvgIpc) is 2.01. The fraction of sp³-hybridized carbons (Fsp3) is 0.583. The van der Waals surface area contributed by atoms with Crippen LogP contribution in [0.4, 0.5) is 0 Å². The molecular weight excluding hydrogens is 192 g/mol. The van der Waals surface area contributed by atoms with Crippen molar-refractivity contribution in [2.75, 3.05) is 5.75 Å². The van der Waals surface area contributed by atoms with E-state index in [1.165, 1.54) is 22.7 Å². The first-order chi connectivity index (χ1) is 6.43. The Balaban J connectivity index is 2.96. The minimum Gasteiger partial charge on any atom is -0.295 e. The highest BCUT2D eigenvalue weighted by Crippen LogP contribution is 2.42. The lowest BCUT2D eigenvalue weighted by atomic mass is 9.81. The van der Waals surface area contributed by atoms with E-state index in [9.17, 15) is 4.79 Å². The molecular formula is C12H18OS. The standard InChI is InChI=1S/C12H18OS/c1-9(13)5-6-11-10(2)14-8-7-12(11,3)4/h5-6H,7-8H2,1-4H3. The first-order valence-corrected chi connectivity index (χ1v) is 5.95. The first kappa shape index (κ1) is 11.6. The Hall–Kier alpha value is -0.500. The summed E-state index contributed by atoms with van der Waals surface area (Å²) in [7, 11) is 0. The number of ketones is 1. The van der Waals surface area contributed by atoms with E-state index >= 15 is 0 Å². The number of hydrogen-bond acceptors (Lipinski definition) is 2. The second-order valence-electron chi connectivity index (χ2n) is 4.40. The van der Waals surface area contributed by atoms with E-state index in [0.717, 1.165) is 0 Å². The molecule has 0 saturated carbocycles. The van der Waals surface area contributed by atoms with E-state index < -0.39 is 0 Å². The number of thioether (sulfide) groups is 1. The van der Waals surface area contributed by atoms with Gasteiger partial charge in [0.25, 0.3) is 0 Å². The van der Waals surface area contributed by atoms with Gasteiger partial charge in [0.1, 0.15) is 0 Å². The lowest BCUT2D eigenvalue weighted by molar-refractivity contribution is -0.112. The molecule has 0 unspecified atom stereocenters. The van der Waals surface area contributed by atoms with E-state index in [1.54, 1.807) is 13.0 Å². The van der Waals surface area contributed by atoms with Gasteiger partial charge in [-0.05, 0) is 48.0 Å². The number of allylic oxidation sites excluding steroid dienone is 4. The van der Waals surface area contributed by atoms with Gasteiger partial charge in [-0.2, -0.15) is 0 Å². The third kappa shape index (κ3) is 2.74. The van der Waals surface area contributed by atoms with Gasteiger partial charge in [0.2, 0.25) is 0 Å². The normalized spacial score (nSPS) is 21.7. The fourth-order valence-corrected chi connectivity index (χ4v) is 3.11. The highest BCUT2D eigenvalue weighted by molar-refractivity contribution is 8.03. The van der Waals surface area contributed by atoms with Crippen molar-refractivity contribution in [2.45, 2.75) is 34.1 Å². The van der Waals surface area contributed by atoms with Crippen LogP contribution in [0.3, 0.4) is 0 Å². The molecule has 1 aliphatic rings. The van der Waals surface area contributed by atoms with Gasteiger partial charge < -0.3 is 0 Å². The van der Waals surface area contributed by atoms with Gasteiger partial charge in [0, 0.05) is 0 Å². The summed E-state index contributed by atoms with van der Waals surface area (Å²) in [4.78, 5) is 12.2. The zero-order chi connectivity index (χ0) is 10.8. The molecule has 0 spiro atoms. The van der Waals surface area contributed by atoms with Crippen LogP contribution in [0.25, 0.3) is 0 Å². The molecule has 1 nitrogen and oxygen atoms in total. The van der Waals surface area contributed by atoms with E-state index in [-0.39, 0.29) is 11.2 Å². The third-order valence-electron chi connectivity index (χ3n) is 2.64. The van der Waals surface area contributed by atoms with Gasteiger partial charge in [-0.1, -0.05) is 19.9 Å². The maximum absolute atomic E-state index is 10.9. The van der Waals surface area contributed by atoms with Crippen LogP contribution >= 0.6 is 11.8 Å². The van der Waals surface area contributed by atoms with Crippen molar-refractivity contribution in [3.05, 3.63) is 22.6 Å². The van der Waals surface area contributed by atoms with Crippen LogP contribution in [0.1, 0.15) is 34.1 Å². The number of rotatable bonds is 2. The Morgan fingerprint density at radius 1 is 1.50 bits per heavy atom. The SMILES string of the molecule is CC(=O)C=CC1=C(C)SCCC1(C)C. The van der Waals surface area contributed by atoms with Crippen molar-refractivity contribution in [1.82, 2.24) is 0 Å². The van der Waals surface area contributed by atoms with Crippen LogP contribution in [0.2, 0.25) is 0 Å². The van der Waals surface area contributed by atoms with Crippen LogP contribution in [0.15, 0.2) is 22.6 Å². The molecule has 2 heteroatoms. The molecule has 0 bridgehead atoms. The van der Waals surface area contributed by atoms with E-state index in [2.05, 4.69) is 20.8 Å². The summed E-state index contributed by atoms with van der Waals surface area (Å²) >= 11 is 1.90. The van der Waals surface area contributed by atoms with Gasteiger partial charge in [-0.15, -0.1) is 11.8 Å². The van der Waals surface area contributed by atoms with Crippen molar-refractivity contribution in [1.29, 1.82) is 0 Å². The summed E-state index contributed by atoms with van der Waals surface area (Å²) in [6.07, 6.45) is 4.85. The maximum Gasteiger partial charge on any atom is 0.152 e. The van der Waals surface area contributed by atoms with Gasteiger partial charge >= 0.3 is 0 Å². The van der Waals surface area contributed by atoms with Crippen molar-refractivity contribution in [3.63, 3.8) is 0 Å². The lowest BCUT2D eigenvalue weighted by Crippen LogP contribution is -2.19. The van der Waals surface area contributed by atoms with Gasteiger partial charge in [0.15, 0.2) is 5.78 Å². The van der Waals surface area contributed by atoms with Gasteiger partial charge in [-0.25, -0.2) is 0 Å². The van der Waals surface area contributed by atoms with Gasteiger partial charge in [0.05, 0.1) is 0 Å².